The summed E-state index contributed by atoms with van der Waals surface area (Å²) >= 11 is 0. The molecule has 2 aliphatic heterocycles. The number of hydrogen-bond acceptors (Lipinski definition) is 5. The molecule has 1 aliphatic carbocycles. The zero-order valence-corrected chi connectivity index (χ0v) is 25.5. The van der Waals surface area contributed by atoms with E-state index >= 15 is 0 Å². The quantitative estimate of drug-likeness (QED) is 0.231. The molecule has 1 spiro atoms. The number of benzene rings is 2. The molecule has 43 heavy (non-hydrogen) atoms. The topological polar surface area (TPSA) is 81.7 Å². The van der Waals surface area contributed by atoms with Crippen molar-refractivity contribution in [3.8, 4) is 11.5 Å². The Hall–Kier alpha value is -3.84. The number of nitrogens with zero attached hydrogens (tertiary/aromatic N) is 3. The molecule has 7 heteroatoms. The highest BCUT2D eigenvalue weighted by Gasteiger charge is 2.50. The number of aromatic carboxylic acids is 1. The van der Waals surface area contributed by atoms with Crippen LogP contribution in [0.25, 0.3) is 11.0 Å². The molecule has 2 N–H and O–H groups in total. The van der Waals surface area contributed by atoms with Crippen molar-refractivity contribution in [1.29, 1.82) is 0 Å². The van der Waals surface area contributed by atoms with E-state index in [2.05, 4.69) is 57.9 Å². The predicted molar refractivity (Wildman–Crippen MR) is 170 cm³/mol. The van der Waals surface area contributed by atoms with Gasteiger partial charge in [0.25, 0.3) is 0 Å². The first-order valence-corrected chi connectivity index (χ1v) is 15.9. The molecular weight excluding hydrogens is 536 g/mol. The lowest BCUT2D eigenvalue weighted by Gasteiger charge is -2.56. The van der Waals surface area contributed by atoms with Crippen molar-refractivity contribution in [2.24, 2.45) is 5.41 Å². The summed E-state index contributed by atoms with van der Waals surface area (Å²) in [6.07, 6.45) is 11.0. The first-order chi connectivity index (χ1) is 20.8. The fourth-order valence-electron chi connectivity index (χ4n) is 8.12. The second kappa shape index (κ2) is 11.0. The van der Waals surface area contributed by atoms with Crippen LogP contribution in [0, 0.1) is 12.3 Å². The number of likely N-dealkylation sites (tertiary alicyclic amines) is 1. The highest BCUT2D eigenvalue weighted by molar-refractivity contribution is 5.93. The van der Waals surface area contributed by atoms with Gasteiger partial charge in [0.05, 0.1) is 6.20 Å². The van der Waals surface area contributed by atoms with Crippen molar-refractivity contribution < 1.29 is 14.6 Å². The molecular formula is C36H42N4O3. The van der Waals surface area contributed by atoms with Gasteiger partial charge in [-0.1, -0.05) is 38.1 Å². The van der Waals surface area contributed by atoms with Gasteiger partial charge < -0.3 is 19.7 Å². The third kappa shape index (κ3) is 5.07. The van der Waals surface area contributed by atoms with Crippen LogP contribution in [0.2, 0.25) is 0 Å². The Morgan fingerprint density at radius 3 is 2.65 bits per heavy atom. The largest absolute Gasteiger partial charge is 0.478 e. The van der Waals surface area contributed by atoms with E-state index in [0.29, 0.717) is 34.9 Å². The Morgan fingerprint density at radius 1 is 1.09 bits per heavy atom. The molecule has 2 aromatic heterocycles. The Kier molecular flexibility index (Phi) is 7.16. The van der Waals surface area contributed by atoms with Crippen LogP contribution < -0.4 is 9.64 Å². The van der Waals surface area contributed by atoms with Gasteiger partial charge in [-0.25, -0.2) is 9.78 Å². The minimum absolute atomic E-state index is 0.171. The van der Waals surface area contributed by atoms with Gasteiger partial charge >= 0.3 is 5.97 Å². The van der Waals surface area contributed by atoms with E-state index in [1.165, 1.54) is 50.6 Å². The number of carboxylic acids is 1. The van der Waals surface area contributed by atoms with E-state index in [4.69, 9.17) is 4.74 Å². The average molecular weight is 579 g/mol. The zero-order chi connectivity index (χ0) is 29.7. The lowest BCUT2D eigenvalue weighted by atomic mass is 9.59. The van der Waals surface area contributed by atoms with Crippen LogP contribution in [0.4, 0.5) is 5.69 Å². The van der Waals surface area contributed by atoms with Gasteiger partial charge in [-0.05, 0) is 98.7 Å². The number of carbonyl (C=O) groups is 1. The molecule has 4 aromatic rings. The van der Waals surface area contributed by atoms with E-state index in [1.54, 1.807) is 17.8 Å². The van der Waals surface area contributed by atoms with Crippen molar-refractivity contribution in [3.63, 3.8) is 0 Å². The van der Waals surface area contributed by atoms with Gasteiger partial charge in [0.2, 0.25) is 0 Å². The third-order valence-electron chi connectivity index (χ3n) is 10.4. The van der Waals surface area contributed by atoms with Crippen LogP contribution in [0.3, 0.4) is 0 Å². The molecule has 3 fully saturated rings. The number of anilines is 1. The number of hydrogen-bond donors (Lipinski definition) is 2. The first-order valence-electron chi connectivity index (χ1n) is 15.9. The molecule has 2 aromatic carbocycles. The molecule has 7 nitrogen and oxygen atoms in total. The second-order valence-corrected chi connectivity index (χ2v) is 13.3. The third-order valence-corrected chi connectivity index (χ3v) is 10.4. The molecule has 3 aliphatic rings. The molecule has 0 bridgehead atoms. The number of piperidine rings is 1. The maximum absolute atomic E-state index is 12.1. The van der Waals surface area contributed by atoms with Crippen LogP contribution in [-0.4, -0.2) is 51.6 Å². The van der Waals surface area contributed by atoms with Crippen LogP contribution in [-0.2, 0) is 0 Å². The number of aromatic nitrogens is 2. The molecule has 4 heterocycles. The number of H-pyrrole nitrogens is 1. The zero-order valence-electron chi connectivity index (χ0n) is 25.5. The lowest BCUT2D eigenvalue weighted by molar-refractivity contribution is -0.0228. The summed E-state index contributed by atoms with van der Waals surface area (Å²) in [6.45, 7) is 9.79. The predicted octanol–water partition coefficient (Wildman–Crippen LogP) is 8.07. The standard InChI is InChI=1S/C36H42N4O3/c1-23(2)28-7-4-5-8-29(28)32-9-6-16-40(32)26-20-36(21-26)13-17-39(18-14-36)31-11-10-30(35(41)42)33(24(31)3)43-27-19-25-12-15-37-34(25)38-22-27/h4-5,7-8,10-12,15,19,22-23,26,32H,6,9,13-14,16-18,20-21H2,1-3H3,(H,37,38)(H,41,42)/t32-/m0/s1. The fourth-order valence-corrected chi connectivity index (χ4v) is 8.12. The smallest absolute Gasteiger partial charge is 0.339 e. The van der Waals surface area contributed by atoms with E-state index in [9.17, 15) is 9.90 Å². The van der Waals surface area contributed by atoms with Gasteiger partial charge in [-0.3, -0.25) is 4.90 Å². The molecule has 2 saturated heterocycles. The monoisotopic (exact) mass is 578 g/mol. The Morgan fingerprint density at radius 2 is 1.88 bits per heavy atom. The van der Waals surface area contributed by atoms with E-state index in [-0.39, 0.29) is 5.56 Å². The summed E-state index contributed by atoms with van der Waals surface area (Å²) in [5.41, 5.74) is 6.36. The van der Waals surface area contributed by atoms with Gasteiger partial charge in [0.15, 0.2) is 0 Å². The van der Waals surface area contributed by atoms with E-state index < -0.39 is 5.97 Å². The lowest BCUT2D eigenvalue weighted by Crippen LogP contribution is -2.55. The fraction of sp³-hybridized carbons (Fsp3) is 0.444. The van der Waals surface area contributed by atoms with Crippen LogP contribution in [0.1, 0.15) is 91.4 Å². The summed E-state index contributed by atoms with van der Waals surface area (Å²) in [4.78, 5) is 24.9. The second-order valence-electron chi connectivity index (χ2n) is 13.3. The molecule has 0 unspecified atom stereocenters. The highest BCUT2D eigenvalue weighted by atomic mass is 16.5. The van der Waals surface area contributed by atoms with Crippen LogP contribution in [0.15, 0.2) is 60.9 Å². The summed E-state index contributed by atoms with van der Waals surface area (Å²) < 4.78 is 6.24. The van der Waals surface area contributed by atoms with Gasteiger partial charge in [0.1, 0.15) is 22.7 Å². The summed E-state index contributed by atoms with van der Waals surface area (Å²) in [5, 5.41) is 10.9. The SMILES string of the molecule is Cc1c(N2CCC3(CC2)CC(N2CCC[C@H]2c2ccccc2C(C)C)C3)ccc(C(=O)O)c1Oc1cnc2[nH]ccc2c1. The molecule has 224 valence electrons. The summed E-state index contributed by atoms with van der Waals surface area (Å²) in [6, 6.07) is 17.8. The number of aromatic amines is 1. The van der Waals surface area contributed by atoms with Gasteiger partial charge in [-0.2, -0.15) is 0 Å². The van der Waals surface area contributed by atoms with Crippen molar-refractivity contribution in [1.82, 2.24) is 14.9 Å². The number of rotatable bonds is 7. The Labute approximate surface area is 253 Å². The minimum Gasteiger partial charge on any atom is -0.478 e. The van der Waals surface area contributed by atoms with Crippen molar-refractivity contribution >= 4 is 22.7 Å². The Bertz CT molecular complexity index is 1640. The Balaban J connectivity index is 1.04. The molecule has 0 radical (unpaired) electrons. The van der Waals surface area contributed by atoms with Crippen LogP contribution in [0.5, 0.6) is 11.5 Å². The van der Waals surface area contributed by atoms with E-state index in [0.717, 1.165) is 35.4 Å². The van der Waals surface area contributed by atoms with Crippen molar-refractivity contribution in [2.75, 3.05) is 24.5 Å². The number of pyridine rings is 1. The summed E-state index contributed by atoms with van der Waals surface area (Å²) in [5.74, 6) is 0.487. The maximum atomic E-state index is 12.1. The van der Waals surface area contributed by atoms with E-state index in [1.807, 2.05) is 31.3 Å². The molecule has 1 atom stereocenters. The molecule has 7 rings (SSSR count). The summed E-state index contributed by atoms with van der Waals surface area (Å²) in [7, 11) is 0. The van der Waals surface area contributed by atoms with Gasteiger partial charge in [-0.15, -0.1) is 0 Å². The number of carboxylic acid groups (broad SMARTS) is 1. The van der Waals surface area contributed by atoms with Crippen LogP contribution >= 0.6 is 0 Å². The van der Waals surface area contributed by atoms with Gasteiger partial charge in [0, 0.05) is 48.0 Å². The average Bonchev–Trinajstić information content (AvgIpc) is 3.66. The maximum Gasteiger partial charge on any atom is 0.339 e. The first kappa shape index (κ1) is 28.0. The number of nitrogens with one attached hydrogen (secondary N) is 1. The van der Waals surface area contributed by atoms with Crippen molar-refractivity contribution in [2.45, 2.75) is 77.3 Å². The molecule has 0 amide bonds. The minimum atomic E-state index is -0.991. The number of ether oxygens (including phenoxy) is 1. The molecule has 1 saturated carbocycles. The van der Waals surface area contributed by atoms with Crippen molar-refractivity contribution in [3.05, 3.63) is 83.2 Å². The number of fused-ring (bicyclic) bond motifs is 1. The normalized spacial score (nSPS) is 20.7. The highest BCUT2D eigenvalue weighted by Crippen LogP contribution is 2.54.